The Kier molecular flexibility index (Phi) is 3.93. The van der Waals surface area contributed by atoms with Crippen LogP contribution < -0.4 is 4.74 Å². The SMILES string of the molecule is CCc1ccc(C(C)=O)c(F)c1OC(F)F. The van der Waals surface area contributed by atoms with Crippen LogP contribution in [0.4, 0.5) is 13.2 Å². The monoisotopic (exact) mass is 232 g/mol. The molecular formula is C11H11F3O2. The van der Waals surface area contributed by atoms with Gasteiger partial charge in [-0.3, -0.25) is 4.79 Å². The van der Waals surface area contributed by atoms with Gasteiger partial charge in [-0.15, -0.1) is 0 Å². The minimum Gasteiger partial charge on any atom is -0.431 e. The molecule has 0 atom stereocenters. The van der Waals surface area contributed by atoms with E-state index in [0.717, 1.165) is 6.92 Å². The molecule has 0 aromatic heterocycles. The molecule has 0 bridgehead atoms. The summed E-state index contributed by atoms with van der Waals surface area (Å²) in [7, 11) is 0. The molecule has 2 nitrogen and oxygen atoms in total. The third-order valence-electron chi connectivity index (χ3n) is 2.15. The number of carbonyl (C=O) groups is 1. The predicted molar refractivity (Wildman–Crippen MR) is 52.4 cm³/mol. The molecule has 0 saturated carbocycles. The molecule has 0 N–H and O–H groups in total. The van der Waals surface area contributed by atoms with E-state index in [2.05, 4.69) is 4.74 Å². The van der Waals surface area contributed by atoms with E-state index in [9.17, 15) is 18.0 Å². The van der Waals surface area contributed by atoms with Crippen LogP contribution >= 0.6 is 0 Å². The van der Waals surface area contributed by atoms with E-state index in [-0.39, 0.29) is 5.56 Å². The Hall–Kier alpha value is -1.52. The Bertz CT molecular complexity index is 402. The molecule has 0 fully saturated rings. The first kappa shape index (κ1) is 12.5. The van der Waals surface area contributed by atoms with E-state index < -0.39 is 24.0 Å². The normalized spacial score (nSPS) is 10.6. The third-order valence-corrected chi connectivity index (χ3v) is 2.15. The molecule has 88 valence electrons. The van der Waals surface area contributed by atoms with Crippen molar-refractivity contribution in [3.8, 4) is 5.75 Å². The van der Waals surface area contributed by atoms with Crippen molar-refractivity contribution in [1.82, 2.24) is 0 Å². The fraction of sp³-hybridized carbons (Fsp3) is 0.364. The Morgan fingerprint density at radius 1 is 1.44 bits per heavy atom. The molecule has 0 amide bonds. The number of hydrogen-bond acceptors (Lipinski definition) is 2. The van der Waals surface area contributed by atoms with Crippen LogP contribution in [-0.2, 0) is 6.42 Å². The molecule has 16 heavy (non-hydrogen) atoms. The van der Waals surface area contributed by atoms with Crippen LogP contribution in [0.5, 0.6) is 5.75 Å². The highest BCUT2D eigenvalue weighted by molar-refractivity contribution is 5.94. The van der Waals surface area contributed by atoms with Crippen molar-refractivity contribution in [2.24, 2.45) is 0 Å². The van der Waals surface area contributed by atoms with Crippen LogP contribution in [0.3, 0.4) is 0 Å². The van der Waals surface area contributed by atoms with Crippen LogP contribution in [0.2, 0.25) is 0 Å². The van der Waals surface area contributed by atoms with Crippen LogP contribution in [-0.4, -0.2) is 12.4 Å². The minimum atomic E-state index is -3.11. The standard InChI is InChI=1S/C11H11F3O2/c1-3-7-4-5-8(6(2)15)9(12)10(7)16-11(13)14/h4-5,11H,3H2,1-2H3. The van der Waals surface area contributed by atoms with E-state index in [1.165, 1.54) is 12.1 Å². The molecule has 1 aromatic rings. The zero-order valence-corrected chi connectivity index (χ0v) is 8.89. The summed E-state index contributed by atoms with van der Waals surface area (Å²) < 4.78 is 41.9. The van der Waals surface area contributed by atoms with Gasteiger partial charge in [-0.2, -0.15) is 8.78 Å². The highest BCUT2D eigenvalue weighted by atomic mass is 19.3. The van der Waals surface area contributed by atoms with E-state index in [1.807, 2.05) is 0 Å². The lowest BCUT2D eigenvalue weighted by Crippen LogP contribution is -2.09. The molecule has 0 radical (unpaired) electrons. The number of benzene rings is 1. The average molecular weight is 232 g/mol. The van der Waals surface area contributed by atoms with E-state index in [1.54, 1.807) is 6.92 Å². The summed E-state index contributed by atoms with van der Waals surface area (Å²) in [6.07, 6.45) is 0.344. The second-order valence-corrected chi connectivity index (χ2v) is 3.20. The van der Waals surface area contributed by atoms with E-state index in [0.29, 0.717) is 12.0 Å². The number of ether oxygens (including phenoxy) is 1. The van der Waals surface area contributed by atoms with Crippen molar-refractivity contribution in [2.45, 2.75) is 26.9 Å². The molecule has 0 aliphatic heterocycles. The Balaban J connectivity index is 3.28. The lowest BCUT2D eigenvalue weighted by molar-refractivity contribution is -0.0528. The lowest BCUT2D eigenvalue weighted by atomic mass is 10.1. The Morgan fingerprint density at radius 3 is 2.50 bits per heavy atom. The number of aryl methyl sites for hydroxylation is 1. The number of ketones is 1. The second-order valence-electron chi connectivity index (χ2n) is 3.20. The molecule has 0 saturated heterocycles. The van der Waals surface area contributed by atoms with Gasteiger partial charge < -0.3 is 4.74 Å². The Labute approximate surface area is 91.0 Å². The summed E-state index contributed by atoms with van der Waals surface area (Å²) in [5.74, 6) is -2.09. The number of halogens is 3. The van der Waals surface area contributed by atoms with Gasteiger partial charge in [0.15, 0.2) is 17.3 Å². The zero-order valence-electron chi connectivity index (χ0n) is 8.89. The van der Waals surface area contributed by atoms with Crippen LogP contribution in [0.25, 0.3) is 0 Å². The van der Waals surface area contributed by atoms with Crippen LogP contribution in [0, 0.1) is 5.82 Å². The largest absolute Gasteiger partial charge is 0.431 e. The first-order valence-electron chi connectivity index (χ1n) is 4.74. The number of alkyl halides is 2. The van der Waals surface area contributed by atoms with Crippen molar-refractivity contribution in [3.63, 3.8) is 0 Å². The lowest BCUT2D eigenvalue weighted by Gasteiger charge is -2.12. The fourth-order valence-corrected chi connectivity index (χ4v) is 1.36. The Morgan fingerprint density at radius 2 is 2.06 bits per heavy atom. The summed E-state index contributed by atoms with van der Waals surface area (Å²) in [4.78, 5) is 11.0. The fourth-order valence-electron chi connectivity index (χ4n) is 1.36. The number of carbonyl (C=O) groups excluding carboxylic acids is 1. The van der Waals surface area contributed by atoms with Crippen molar-refractivity contribution in [3.05, 3.63) is 29.1 Å². The molecule has 0 spiro atoms. The van der Waals surface area contributed by atoms with E-state index >= 15 is 0 Å². The summed E-state index contributed by atoms with van der Waals surface area (Å²) in [5, 5.41) is 0. The van der Waals surface area contributed by atoms with Gasteiger partial charge in [0.1, 0.15) is 0 Å². The predicted octanol–water partition coefficient (Wildman–Crippen LogP) is 3.19. The second kappa shape index (κ2) is 5.01. The molecule has 0 unspecified atom stereocenters. The highest BCUT2D eigenvalue weighted by Gasteiger charge is 2.19. The van der Waals surface area contributed by atoms with Crippen molar-refractivity contribution in [2.75, 3.05) is 0 Å². The van der Waals surface area contributed by atoms with Gasteiger partial charge in [-0.25, -0.2) is 4.39 Å². The van der Waals surface area contributed by atoms with Gasteiger partial charge in [0, 0.05) is 0 Å². The van der Waals surface area contributed by atoms with Gasteiger partial charge in [-0.1, -0.05) is 13.0 Å². The van der Waals surface area contributed by atoms with Gasteiger partial charge >= 0.3 is 6.61 Å². The molecule has 0 aliphatic rings. The van der Waals surface area contributed by atoms with Crippen molar-refractivity contribution in [1.29, 1.82) is 0 Å². The molecule has 0 heterocycles. The molecule has 5 heteroatoms. The number of rotatable bonds is 4. The summed E-state index contributed by atoms with van der Waals surface area (Å²) in [6, 6.07) is 2.69. The van der Waals surface area contributed by atoms with Gasteiger partial charge in [0.2, 0.25) is 0 Å². The summed E-state index contributed by atoms with van der Waals surface area (Å²) in [6.45, 7) is -0.265. The minimum absolute atomic E-state index is 0.243. The first-order valence-corrected chi connectivity index (χ1v) is 4.74. The van der Waals surface area contributed by atoms with Gasteiger partial charge in [-0.05, 0) is 25.0 Å². The van der Waals surface area contributed by atoms with Gasteiger partial charge in [0.25, 0.3) is 0 Å². The van der Waals surface area contributed by atoms with Crippen molar-refractivity contribution >= 4 is 5.78 Å². The average Bonchev–Trinajstić information content (AvgIpc) is 2.19. The van der Waals surface area contributed by atoms with Gasteiger partial charge in [0.05, 0.1) is 5.56 Å². The smallest absolute Gasteiger partial charge is 0.387 e. The molecule has 1 aromatic carbocycles. The zero-order chi connectivity index (χ0) is 12.3. The molecular weight excluding hydrogens is 221 g/mol. The number of Topliss-reactive ketones (excluding diaryl/α,β-unsaturated/α-hetero) is 1. The highest BCUT2D eigenvalue weighted by Crippen LogP contribution is 2.28. The third kappa shape index (κ3) is 2.53. The van der Waals surface area contributed by atoms with Crippen LogP contribution in [0.1, 0.15) is 29.8 Å². The quantitative estimate of drug-likeness (QED) is 0.745. The van der Waals surface area contributed by atoms with Crippen LogP contribution in [0.15, 0.2) is 12.1 Å². The maximum absolute atomic E-state index is 13.7. The topological polar surface area (TPSA) is 26.3 Å². The number of hydrogen-bond donors (Lipinski definition) is 0. The maximum atomic E-state index is 13.7. The maximum Gasteiger partial charge on any atom is 0.387 e. The van der Waals surface area contributed by atoms with Crippen molar-refractivity contribution < 1.29 is 22.7 Å². The van der Waals surface area contributed by atoms with E-state index in [4.69, 9.17) is 0 Å². The summed E-state index contributed by atoms with van der Waals surface area (Å²) in [5.41, 5.74) is 0.0654. The summed E-state index contributed by atoms with van der Waals surface area (Å²) >= 11 is 0. The molecule has 0 aliphatic carbocycles. The first-order chi connectivity index (χ1) is 7.47. The molecule has 1 rings (SSSR count).